The molecule has 0 radical (unpaired) electrons. The van der Waals surface area contributed by atoms with Crippen molar-refractivity contribution in [3.63, 3.8) is 0 Å². The number of carbonyl (C=O) groups excluding carboxylic acids is 2. The maximum atomic E-state index is 12.6. The van der Waals surface area contributed by atoms with Crippen LogP contribution in [0.15, 0.2) is 16.7 Å². The first-order valence-corrected chi connectivity index (χ1v) is 9.81. The van der Waals surface area contributed by atoms with Crippen molar-refractivity contribution in [3.05, 3.63) is 22.6 Å². The van der Waals surface area contributed by atoms with Gasteiger partial charge in [-0.2, -0.15) is 0 Å². The van der Waals surface area contributed by atoms with E-state index in [9.17, 15) is 9.59 Å². The van der Waals surface area contributed by atoms with Crippen molar-refractivity contribution in [1.29, 1.82) is 0 Å². The first kappa shape index (κ1) is 17.5. The summed E-state index contributed by atoms with van der Waals surface area (Å²) >= 11 is 3.38. The molecule has 1 aliphatic heterocycles. The Labute approximate surface area is 159 Å². The van der Waals surface area contributed by atoms with Gasteiger partial charge in [0.15, 0.2) is 11.8 Å². The van der Waals surface area contributed by atoms with Crippen LogP contribution in [0.4, 0.5) is 0 Å². The Balaban J connectivity index is 1.40. The van der Waals surface area contributed by atoms with Crippen LogP contribution in [0.25, 0.3) is 11.2 Å². The second-order valence-corrected chi connectivity index (χ2v) is 8.04. The molecule has 3 heterocycles. The van der Waals surface area contributed by atoms with Gasteiger partial charge in [0.25, 0.3) is 0 Å². The van der Waals surface area contributed by atoms with Crippen LogP contribution in [0.3, 0.4) is 0 Å². The number of fused-ring (bicyclic) bond motifs is 1. The van der Waals surface area contributed by atoms with E-state index >= 15 is 0 Å². The summed E-state index contributed by atoms with van der Waals surface area (Å²) in [4.78, 5) is 38.4. The average Bonchev–Trinajstić information content (AvgIpc) is 3.40. The van der Waals surface area contributed by atoms with Gasteiger partial charge in [0.2, 0.25) is 5.91 Å². The number of esters is 1. The maximum Gasteiger partial charge on any atom is 0.311 e. The van der Waals surface area contributed by atoms with Crippen molar-refractivity contribution in [2.45, 2.75) is 38.7 Å². The lowest BCUT2D eigenvalue weighted by Crippen LogP contribution is -2.43. The topological polar surface area (TPSA) is 88.2 Å². The minimum atomic E-state index is -0.495. The Morgan fingerprint density at radius 2 is 2.15 bits per heavy atom. The van der Waals surface area contributed by atoms with Gasteiger partial charge in [0.1, 0.15) is 5.82 Å². The van der Waals surface area contributed by atoms with Crippen LogP contribution >= 0.6 is 15.9 Å². The van der Waals surface area contributed by atoms with Gasteiger partial charge in [-0.1, -0.05) is 0 Å². The first-order chi connectivity index (χ1) is 12.5. The van der Waals surface area contributed by atoms with Crippen LogP contribution in [0.2, 0.25) is 0 Å². The summed E-state index contributed by atoms with van der Waals surface area (Å²) in [5.41, 5.74) is 1.38. The fraction of sp³-hybridized carbons (Fsp3) is 0.556. The Morgan fingerprint density at radius 1 is 1.35 bits per heavy atom. The zero-order valence-corrected chi connectivity index (χ0v) is 16.2. The van der Waals surface area contributed by atoms with Crippen molar-refractivity contribution in [1.82, 2.24) is 19.9 Å². The molecule has 1 aliphatic carbocycles. The molecule has 8 heteroatoms. The summed E-state index contributed by atoms with van der Waals surface area (Å²) in [7, 11) is 0. The number of nitrogens with zero attached hydrogens (tertiary/aromatic N) is 3. The number of carbonyl (C=O) groups is 2. The van der Waals surface area contributed by atoms with Gasteiger partial charge in [0, 0.05) is 29.7 Å². The number of pyridine rings is 1. The van der Waals surface area contributed by atoms with Gasteiger partial charge in [-0.05, 0) is 54.6 Å². The highest BCUT2D eigenvalue weighted by molar-refractivity contribution is 9.10. The molecule has 1 N–H and O–H groups in total. The summed E-state index contributed by atoms with van der Waals surface area (Å²) in [6.45, 7) is 3.01. The second-order valence-electron chi connectivity index (χ2n) is 7.12. The van der Waals surface area contributed by atoms with E-state index in [0.717, 1.165) is 42.2 Å². The Bertz CT molecular complexity index is 848. The number of piperidine rings is 1. The first-order valence-electron chi connectivity index (χ1n) is 9.01. The average molecular weight is 421 g/mol. The third-order valence-corrected chi connectivity index (χ3v) is 5.43. The van der Waals surface area contributed by atoms with Crippen molar-refractivity contribution >= 4 is 39.0 Å². The highest BCUT2D eigenvalue weighted by Gasteiger charge is 2.37. The number of ether oxygens (including phenoxy) is 1. The summed E-state index contributed by atoms with van der Waals surface area (Å²) < 4.78 is 6.48. The molecule has 4 rings (SSSR count). The number of H-pyrrole nitrogens is 1. The third-order valence-electron chi connectivity index (χ3n) is 4.99. The lowest BCUT2D eigenvalue weighted by Gasteiger charge is -2.32. The molecular formula is C18H21BrN4O3. The molecule has 2 atom stereocenters. The number of aromatic amines is 1. The zero-order valence-electron chi connectivity index (χ0n) is 14.6. The standard InChI is InChI=1S/C18H21BrN4O3/c1-10(15-21-14-7-13(19)8-20-16(14)22-15)26-18(25)12-3-2-6-23(9-12)17(24)11-4-5-11/h7-8,10-12H,2-6,9H2,1H3,(H,20,21,22)/t10-,12-/m1/s1. The monoisotopic (exact) mass is 420 g/mol. The molecular weight excluding hydrogens is 400 g/mol. The van der Waals surface area contributed by atoms with E-state index < -0.39 is 6.10 Å². The van der Waals surface area contributed by atoms with E-state index in [4.69, 9.17) is 4.74 Å². The molecule has 2 aromatic rings. The van der Waals surface area contributed by atoms with Crippen molar-refractivity contribution in [2.24, 2.45) is 11.8 Å². The van der Waals surface area contributed by atoms with E-state index in [0.29, 0.717) is 18.0 Å². The van der Waals surface area contributed by atoms with E-state index in [1.807, 2.05) is 11.0 Å². The minimum Gasteiger partial charge on any atom is -0.454 e. The molecule has 0 spiro atoms. The van der Waals surface area contributed by atoms with Crippen LogP contribution < -0.4 is 0 Å². The van der Waals surface area contributed by atoms with Gasteiger partial charge < -0.3 is 14.6 Å². The van der Waals surface area contributed by atoms with Crippen molar-refractivity contribution in [3.8, 4) is 0 Å². The number of halogens is 1. The van der Waals surface area contributed by atoms with Crippen LogP contribution in [0, 0.1) is 11.8 Å². The van der Waals surface area contributed by atoms with E-state index in [2.05, 4.69) is 30.9 Å². The number of nitrogens with one attached hydrogen (secondary N) is 1. The van der Waals surface area contributed by atoms with Crippen LogP contribution in [0.1, 0.15) is 44.5 Å². The summed E-state index contributed by atoms with van der Waals surface area (Å²) in [6.07, 6.45) is 4.75. The number of amides is 1. The van der Waals surface area contributed by atoms with Crippen LogP contribution in [-0.2, 0) is 14.3 Å². The highest BCUT2D eigenvalue weighted by Crippen LogP contribution is 2.33. The normalized spacial score (nSPS) is 21.6. The predicted molar refractivity (Wildman–Crippen MR) is 98.1 cm³/mol. The largest absolute Gasteiger partial charge is 0.454 e. The Kier molecular flexibility index (Phi) is 4.69. The van der Waals surface area contributed by atoms with Gasteiger partial charge in [-0.25, -0.2) is 9.97 Å². The van der Waals surface area contributed by atoms with Crippen LogP contribution in [0.5, 0.6) is 0 Å². The molecule has 2 fully saturated rings. The summed E-state index contributed by atoms with van der Waals surface area (Å²) in [5.74, 6) is 0.433. The molecule has 1 amide bonds. The molecule has 0 aromatic carbocycles. The number of rotatable bonds is 4. The zero-order chi connectivity index (χ0) is 18.3. The summed E-state index contributed by atoms with van der Waals surface area (Å²) in [5, 5.41) is 0. The predicted octanol–water partition coefficient (Wildman–Crippen LogP) is 2.97. The maximum absolute atomic E-state index is 12.6. The van der Waals surface area contributed by atoms with E-state index in [1.165, 1.54) is 0 Å². The third kappa shape index (κ3) is 3.60. The molecule has 138 valence electrons. The smallest absolute Gasteiger partial charge is 0.311 e. The number of aromatic nitrogens is 3. The van der Waals surface area contributed by atoms with Crippen molar-refractivity contribution < 1.29 is 14.3 Å². The van der Waals surface area contributed by atoms with E-state index in [1.54, 1.807) is 13.1 Å². The SMILES string of the molecule is C[C@@H](OC(=O)[C@@H]1CCCN(C(=O)C2CC2)C1)c1nc2ncc(Br)cc2[nH]1. The molecule has 1 saturated carbocycles. The summed E-state index contributed by atoms with van der Waals surface area (Å²) in [6, 6.07) is 1.88. The fourth-order valence-electron chi connectivity index (χ4n) is 3.37. The lowest BCUT2D eigenvalue weighted by molar-refractivity contribution is -0.157. The molecule has 0 bridgehead atoms. The van der Waals surface area contributed by atoms with Gasteiger partial charge in [0.05, 0.1) is 11.4 Å². The van der Waals surface area contributed by atoms with E-state index in [-0.39, 0.29) is 23.7 Å². The lowest BCUT2D eigenvalue weighted by atomic mass is 9.97. The molecule has 7 nitrogen and oxygen atoms in total. The second kappa shape index (κ2) is 6.98. The van der Waals surface area contributed by atoms with Crippen LogP contribution in [-0.4, -0.2) is 44.8 Å². The molecule has 0 unspecified atom stereocenters. The number of hydrogen-bond donors (Lipinski definition) is 1. The molecule has 26 heavy (non-hydrogen) atoms. The number of likely N-dealkylation sites (tertiary alicyclic amines) is 1. The highest BCUT2D eigenvalue weighted by atomic mass is 79.9. The van der Waals surface area contributed by atoms with Crippen molar-refractivity contribution in [2.75, 3.05) is 13.1 Å². The van der Waals surface area contributed by atoms with Gasteiger partial charge in [-0.15, -0.1) is 0 Å². The molecule has 2 aromatic heterocycles. The minimum absolute atomic E-state index is 0.186. The fourth-order valence-corrected chi connectivity index (χ4v) is 3.70. The molecule has 2 aliphatic rings. The molecule has 1 saturated heterocycles. The van der Waals surface area contributed by atoms with Gasteiger partial charge in [-0.3, -0.25) is 9.59 Å². The Hall–Kier alpha value is -1.96. The number of hydrogen-bond acceptors (Lipinski definition) is 5. The number of imidazole rings is 1. The quantitative estimate of drug-likeness (QED) is 0.767. The Morgan fingerprint density at radius 3 is 2.92 bits per heavy atom. The van der Waals surface area contributed by atoms with Gasteiger partial charge >= 0.3 is 5.97 Å².